The fraction of sp³-hybridized carbons (Fsp3) is 0.167. The molecule has 0 fully saturated rings. The van der Waals surface area contributed by atoms with E-state index in [-0.39, 0.29) is 6.61 Å². The smallest absolute Gasteiger partial charge is 0.0471 e. The van der Waals surface area contributed by atoms with Gasteiger partial charge in [0.1, 0.15) is 0 Å². The summed E-state index contributed by atoms with van der Waals surface area (Å²) >= 11 is 1.66. The Morgan fingerprint density at radius 3 is 2.80 bits per heavy atom. The summed E-state index contributed by atoms with van der Waals surface area (Å²) < 4.78 is 0. The predicted octanol–water partition coefficient (Wildman–Crippen LogP) is 2.53. The van der Waals surface area contributed by atoms with E-state index >= 15 is 0 Å². The van der Waals surface area contributed by atoms with E-state index in [1.54, 1.807) is 11.3 Å². The topological polar surface area (TPSA) is 46.2 Å². The second kappa shape index (κ2) is 4.47. The van der Waals surface area contributed by atoms with Gasteiger partial charge in [0.15, 0.2) is 0 Å². The number of nitrogens with two attached hydrogens (primary N) is 1. The second-order valence-corrected chi connectivity index (χ2v) is 4.18. The maximum atomic E-state index is 8.98. The van der Waals surface area contributed by atoms with Crippen LogP contribution in [0.2, 0.25) is 0 Å². The quantitative estimate of drug-likeness (QED) is 0.779. The fourth-order valence-corrected chi connectivity index (χ4v) is 2.27. The van der Waals surface area contributed by atoms with Crippen molar-refractivity contribution in [3.05, 3.63) is 40.6 Å². The van der Waals surface area contributed by atoms with Crippen LogP contribution in [0.25, 0.3) is 11.1 Å². The molecule has 2 aromatic rings. The highest BCUT2D eigenvalue weighted by Gasteiger charge is 2.05. The molecule has 0 unspecified atom stereocenters. The van der Waals surface area contributed by atoms with Gasteiger partial charge in [-0.3, -0.25) is 0 Å². The molecule has 0 saturated carbocycles. The van der Waals surface area contributed by atoms with Crippen molar-refractivity contribution in [2.75, 3.05) is 12.3 Å². The lowest BCUT2D eigenvalue weighted by molar-refractivity contribution is 0.300. The zero-order valence-corrected chi connectivity index (χ0v) is 9.13. The van der Waals surface area contributed by atoms with E-state index < -0.39 is 0 Å². The number of benzene rings is 1. The van der Waals surface area contributed by atoms with E-state index in [9.17, 15) is 0 Å². The highest BCUT2D eigenvalue weighted by Crippen LogP contribution is 2.28. The first-order valence-electron chi connectivity index (χ1n) is 4.83. The highest BCUT2D eigenvalue weighted by atomic mass is 32.1. The van der Waals surface area contributed by atoms with Crippen LogP contribution in [0.15, 0.2) is 35.0 Å². The third-order valence-electron chi connectivity index (χ3n) is 2.35. The fourth-order valence-electron chi connectivity index (χ4n) is 1.62. The zero-order valence-electron chi connectivity index (χ0n) is 8.31. The number of anilines is 1. The van der Waals surface area contributed by atoms with Crippen molar-refractivity contribution in [1.29, 1.82) is 0 Å². The first kappa shape index (κ1) is 10.2. The Bertz CT molecular complexity index is 437. The molecule has 1 heterocycles. The van der Waals surface area contributed by atoms with Gasteiger partial charge in [-0.25, -0.2) is 0 Å². The van der Waals surface area contributed by atoms with E-state index in [1.807, 2.05) is 23.6 Å². The number of hydrogen-bond donors (Lipinski definition) is 2. The van der Waals surface area contributed by atoms with Gasteiger partial charge < -0.3 is 10.8 Å². The Kier molecular flexibility index (Phi) is 3.04. The zero-order chi connectivity index (χ0) is 10.7. The summed E-state index contributed by atoms with van der Waals surface area (Å²) in [6.07, 6.45) is 0.672. The van der Waals surface area contributed by atoms with Crippen LogP contribution in [0.3, 0.4) is 0 Å². The number of thiophene rings is 1. The molecule has 0 bridgehead atoms. The van der Waals surface area contributed by atoms with Gasteiger partial charge in [-0.2, -0.15) is 11.3 Å². The number of aliphatic hydroxyl groups is 1. The standard InChI is InChI=1S/C12H13NOS/c13-11-2-1-9(3-5-14)12(7-11)10-4-6-15-8-10/h1-2,4,6-8,14H,3,5,13H2. The van der Waals surface area contributed by atoms with Crippen molar-refractivity contribution >= 4 is 17.0 Å². The summed E-state index contributed by atoms with van der Waals surface area (Å²) in [5.74, 6) is 0. The van der Waals surface area contributed by atoms with Crippen molar-refractivity contribution in [3.63, 3.8) is 0 Å². The summed E-state index contributed by atoms with van der Waals surface area (Å²) in [5, 5.41) is 13.1. The summed E-state index contributed by atoms with van der Waals surface area (Å²) in [6, 6.07) is 7.90. The number of aliphatic hydroxyl groups excluding tert-OH is 1. The first-order chi connectivity index (χ1) is 7.31. The molecule has 15 heavy (non-hydrogen) atoms. The molecular weight excluding hydrogens is 206 g/mol. The third kappa shape index (κ3) is 2.19. The number of nitrogen functional groups attached to an aromatic ring is 1. The van der Waals surface area contributed by atoms with Crippen molar-refractivity contribution in [3.8, 4) is 11.1 Å². The minimum atomic E-state index is 0.168. The highest BCUT2D eigenvalue weighted by molar-refractivity contribution is 7.08. The molecule has 3 N–H and O–H groups in total. The van der Waals surface area contributed by atoms with E-state index in [2.05, 4.69) is 11.4 Å². The maximum Gasteiger partial charge on any atom is 0.0471 e. The molecular formula is C12H13NOS. The Morgan fingerprint density at radius 1 is 1.27 bits per heavy atom. The molecule has 78 valence electrons. The lowest BCUT2D eigenvalue weighted by atomic mass is 9.99. The number of rotatable bonds is 3. The summed E-state index contributed by atoms with van der Waals surface area (Å²) in [4.78, 5) is 0. The molecule has 2 rings (SSSR count). The molecule has 0 aliphatic heterocycles. The van der Waals surface area contributed by atoms with Gasteiger partial charge in [-0.15, -0.1) is 0 Å². The van der Waals surface area contributed by atoms with E-state index in [0.29, 0.717) is 6.42 Å². The van der Waals surface area contributed by atoms with Gasteiger partial charge in [0.25, 0.3) is 0 Å². The van der Waals surface area contributed by atoms with Crippen LogP contribution in [0.1, 0.15) is 5.56 Å². The lowest BCUT2D eigenvalue weighted by Crippen LogP contribution is -1.95. The molecule has 3 heteroatoms. The SMILES string of the molecule is Nc1ccc(CCO)c(-c2ccsc2)c1. The van der Waals surface area contributed by atoms with Gasteiger partial charge in [0, 0.05) is 12.3 Å². The van der Waals surface area contributed by atoms with Crippen LogP contribution in [0, 0.1) is 0 Å². The predicted molar refractivity (Wildman–Crippen MR) is 65.0 cm³/mol. The number of hydrogen-bond acceptors (Lipinski definition) is 3. The van der Waals surface area contributed by atoms with E-state index in [0.717, 1.165) is 16.8 Å². The van der Waals surface area contributed by atoms with Gasteiger partial charge in [-0.1, -0.05) is 6.07 Å². The van der Waals surface area contributed by atoms with Crippen molar-refractivity contribution in [1.82, 2.24) is 0 Å². The molecule has 2 nitrogen and oxygen atoms in total. The average molecular weight is 219 g/mol. The van der Waals surface area contributed by atoms with Crippen LogP contribution in [-0.2, 0) is 6.42 Å². The Morgan fingerprint density at radius 2 is 2.13 bits per heavy atom. The molecule has 0 radical (unpaired) electrons. The first-order valence-corrected chi connectivity index (χ1v) is 5.77. The van der Waals surface area contributed by atoms with Gasteiger partial charge in [0.05, 0.1) is 0 Å². The minimum absolute atomic E-state index is 0.168. The van der Waals surface area contributed by atoms with Crippen LogP contribution < -0.4 is 5.73 Å². The largest absolute Gasteiger partial charge is 0.399 e. The summed E-state index contributed by atoms with van der Waals surface area (Å²) in [7, 11) is 0. The Balaban J connectivity index is 2.47. The van der Waals surface area contributed by atoms with Crippen LogP contribution in [0.5, 0.6) is 0 Å². The Hall–Kier alpha value is -1.32. The normalized spacial score (nSPS) is 10.5. The summed E-state index contributed by atoms with van der Waals surface area (Å²) in [5.41, 5.74) is 9.98. The summed E-state index contributed by atoms with van der Waals surface area (Å²) in [6.45, 7) is 0.168. The molecule has 0 aliphatic carbocycles. The van der Waals surface area contributed by atoms with Crippen LogP contribution >= 0.6 is 11.3 Å². The molecule has 1 aromatic carbocycles. The van der Waals surface area contributed by atoms with Gasteiger partial charge in [-0.05, 0) is 52.1 Å². The van der Waals surface area contributed by atoms with Crippen molar-refractivity contribution in [2.45, 2.75) is 6.42 Å². The van der Waals surface area contributed by atoms with Crippen molar-refractivity contribution in [2.24, 2.45) is 0 Å². The van der Waals surface area contributed by atoms with Gasteiger partial charge >= 0.3 is 0 Å². The molecule has 0 aliphatic rings. The monoisotopic (exact) mass is 219 g/mol. The van der Waals surface area contributed by atoms with Crippen molar-refractivity contribution < 1.29 is 5.11 Å². The van der Waals surface area contributed by atoms with Crippen LogP contribution in [0.4, 0.5) is 5.69 Å². The molecule has 0 amide bonds. The van der Waals surface area contributed by atoms with E-state index in [1.165, 1.54) is 5.56 Å². The lowest BCUT2D eigenvalue weighted by Gasteiger charge is -2.07. The molecule has 0 atom stereocenters. The molecule has 0 spiro atoms. The van der Waals surface area contributed by atoms with Crippen LogP contribution in [-0.4, -0.2) is 11.7 Å². The molecule has 0 saturated heterocycles. The Labute approximate surface area is 93.0 Å². The average Bonchev–Trinajstić information content (AvgIpc) is 2.74. The maximum absolute atomic E-state index is 8.98. The molecule has 1 aromatic heterocycles. The van der Waals surface area contributed by atoms with E-state index in [4.69, 9.17) is 10.8 Å². The second-order valence-electron chi connectivity index (χ2n) is 3.40. The minimum Gasteiger partial charge on any atom is -0.399 e. The third-order valence-corrected chi connectivity index (χ3v) is 3.03. The van der Waals surface area contributed by atoms with Gasteiger partial charge in [0.2, 0.25) is 0 Å².